The second-order valence-corrected chi connectivity index (χ2v) is 11.5. The van der Waals surface area contributed by atoms with E-state index in [0.29, 0.717) is 6.54 Å². The third-order valence-corrected chi connectivity index (χ3v) is 8.01. The fraction of sp³-hybridized carbons (Fsp3) is 0.345. The molecule has 0 radical (unpaired) electrons. The van der Waals surface area contributed by atoms with Gasteiger partial charge in [-0.05, 0) is 60.2 Å². The highest BCUT2D eigenvalue weighted by atomic mass is 32.2. The molecule has 0 aliphatic rings. The molecule has 2 unspecified atom stereocenters. The van der Waals surface area contributed by atoms with Gasteiger partial charge in [0.2, 0.25) is 0 Å². The van der Waals surface area contributed by atoms with Crippen LogP contribution in [0.5, 0.6) is 0 Å². The summed E-state index contributed by atoms with van der Waals surface area (Å²) in [7, 11) is -3.71. The van der Waals surface area contributed by atoms with Crippen molar-refractivity contribution in [2.75, 3.05) is 12.3 Å². The maximum Gasteiger partial charge on any atom is 0.335 e. The van der Waals surface area contributed by atoms with E-state index in [-0.39, 0.29) is 29.8 Å². The summed E-state index contributed by atoms with van der Waals surface area (Å²) in [4.78, 5) is 12.8. The molecule has 0 saturated carbocycles. The summed E-state index contributed by atoms with van der Waals surface area (Å²) < 4.78 is 57.9. The molecular weight excluding hydrogens is 526 g/mol. The number of ether oxygens (including phenoxy) is 1. The van der Waals surface area contributed by atoms with Crippen LogP contribution in [0.1, 0.15) is 30.0 Å². The van der Waals surface area contributed by atoms with Crippen molar-refractivity contribution in [3.05, 3.63) is 101 Å². The van der Waals surface area contributed by atoms with Gasteiger partial charge in [-0.15, -0.1) is 0 Å². The van der Waals surface area contributed by atoms with Crippen molar-refractivity contribution >= 4 is 15.8 Å². The number of aryl methyl sites for hydroxylation is 1. The van der Waals surface area contributed by atoms with E-state index in [1.165, 1.54) is 12.1 Å². The highest BCUT2D eigenvalue weighted by Crippen LogP contribution is 2.15. The Morgan fingerprint density at radius 2 is 1.64 bits per heavy atom. The van der Waals surface area contributed by atoms with Gasteiger partial charge in [-0.1, -0.05) is 49.4 Å². The smallest absolute Gasteiger partial charge is 0.335 e. The monoisotopic (exact) mass is 560 g/mol. The van der Waals surface area contributed by atoms with Crippen LogP contribution in [-0.2, 0) is 38.8 Å². The zero-order valence-electron chi connectivity index (χ0n) is 21.7. The molecule has 3 aromatic carbocycles. The van der Waals surface area contributed by atoms with Crippen molar-refractivity contribution in [3.8, 4) is 0 Å². The number of aliphatic hydroxyl groups is 1. The Bertz CT molecular complexity index is 1320. The first-order chi connectivity index (χ1) is 18.6. The Morgan fingerprint density at radius 3 is 2.31 bits per heavy atom. The van der Waals surface area contributed by atoms with Gasteiger partial charge in [-0.25, -0.2) is 22.0 Å². The average Bonchev–Trinajstić information content (AvgIpc) is 2.91. The number of nitrogens with two attached hydrogens (primary N) is 1. The molecule has 0 amide bonds. The number of carbonyl (C=O) groups excluding carboxylic acids is 1. The second kappa shape index (κ2) is 14.3. The summed E-state index contributed by atoms with van der Waals surface area (Å²) in [6.45, 7) is 2.59. The fourth-order valence-corrected chi connectivity index (χ4v) is 5.43. The van der Waals surface area contributed by atoms with E-state index in [0.717, 1.165) is 35.7 Å². The second-order valence-electron chi connectivity index (χ2n) is 9.36. The summed E-state index contributed by atoms with van der Waals surface area (Å²) in [5, 5.41) is 13.6. The number of sulfone groups is 1. The van der Waals surface area contributed by atoms with E-state index >= 15 is 0 Å². The maximum absolute atomic E-state index is 13.7. The van der Waals surface area contributed by atoms with Crippen LogP contribution in [0.15, 0.2) is 77.7 Å². The zero-order chi connectivity index (χ0) is 28.4. The van der Waals surface area contributed by atoms with Gasteiger partial charge in [-0.3, -0.25) is 0 Å². The van der Waals surface area contributed by atoms with Crippen molar-refractivity contribution in [3.63, 3.8) is 0 Å². The van der Waals surface area contributed by atoms with Gasteiger partial charge in [0.1, 0.15) is 17.7 Å². The van der Waals surface area contributed by atoms with Gasteiger partial charge in [0.05, 0.1) is 10.6 Å². The van der Waals surface area contributed by atoms with Gasteiger partial charge >= 0.3 is 5.97 Å². The average molecular weight is 561 g/mol. The predicted octanol–water partition coefficient (Wildman–Crippen LogP) is 3.32. The van der Waals surface area contributed by atoms with Gasteiger partial charge in [0.25, 0.3) is 0 Å². The highest BCUT2D eigenvalue weighted by molar-refractivity contribution is 7.91. The van der Waals surface area contributed by atoms with Crippen molar-refractivity contribution in [1.82, 2.24) is 5.32 Å². The molecule has 210 valence electrons. The van der Waals surface area contributed by atoms with Crippen molar-refractivity contribution < 1.29 is 31.8 Å². The summed E-state index contributed by atoms with van der Waals surface area (Å²) >= 11 is 0. The quantitative estimate of drug-likeness (QED) is 0.259. The van der Waals surface area contributed by atoms with Gasteiger partial charge < -0.3 is 20.9 Å². The summed E-state index contributed by atoms with van der Waals surface area (Å²) in [5.41, 5.74) is 8.76. The van der Waals surface area contributed by atoms with Gasteiger partial charge in [0, 0.05) is 25.2 Å². The van der Waals surface area contributed by atoms with E-state index in [4.69, 9.17) is 10.5 Å². The molecule has 0 aliphatic carbocycles. The minimum atomic E-state index is -3.71. The molecule has 0 saturated heterocycles. The van der Waals surface area contributed by atoms with Crippen LogP contribution < -0.4 is 11.1 Å². The Balaban J connectivity index is 1.66. The van der Waals surface area contributed by atoms with Crippen LogP contribution in [0.2, 0.25) is 0 Å². The highest BCUT2D eigenvalue weighted by Gasteiger charge is 2.28. The minimum Gasteiger partial charge on any atom is -0.457 e. The number of benzene rings is 3. The first-order valence-electron chi connectivity index (χ1n) is 12.7. The fourth-order valence-electron chi connectivity index (χ4n) is 4.09. The van der Waals surface area contributed by atoms with Crippen molar-refractivity contribution in [1.29, 1.82) is 0 Å². The molecule has 39 heavy (non-hydrogen) atoms. The molecule has 0 fully saturated rings. The maximum atomic E-state index is 13.7. The predicted molar refractivity (Wildman–Crippen MR) is 145 cm³/mol. The Morgan fingerprint density at radius 1 is 0.974 bits per heavy atom. The number of aliphatic hydroxyl groups excluding tert-OH is 1. The molecule has 0 aromatic heterocycles. The molecule has 4 N–H and O–H groups in total. The Labute approximate surface area is 227 Å². The third kappa shape index (κ3) is 9.50. The van der Waals surface area contributed by atoms with Gasteiger partial charge in [0.15, 0.2) is 15.9 Å². The molecule has 3 rings (SSSR count). The lowest BCUT2D eigenvalue weighted by molar-refractivity contribution is -0.160. The Kier molecular flexibility index (Phi) is 11.1. The molecule has 0 bridgehead atoms. The molecule has 3 atom stereocenters. The number of halogens is 2. The molecule has 3 aromatic rings. The van der Waals surface area contributed by atoms with Crippen LogP contribution in [0.4, 0.5) is 8.78 Å². The van der Waals surface area contributed by atoms with Crippen LogP contribution in [0.25, 0.3) is 0 Å². The van der Waals surface area contributed by atoms with E-state index in [2.05, 4.69) is 5.32 Å². The normalized spacial score (nSPS) is 14.0. The number of esters is 1. The van der Waals surface area contributed by atoms with Crippen molar-refractivity contribution in [2.45, 2.75) is 55.9 Å². The van der Waals surface area contributed by atoms with Gasteiger partial charge in [-0.2, -0.15) is 0 Å². The molecular formula is C29H34F2N2O5S. The van der Waals surface area contributed by atoms with Crippen molar-refractivity contribution in [2.24, 2.45) is 5.73 Å². The lowest BCUT2D eigenvalue weighted by Crippen LogP contribution is -2.47. The van der Waals surface area contributed by atoms with E-state index in [1.807, 2.05) is 31.2 Å². The number of hydrogen-bond donors (Lipinski definition) is 3. The molecule has 0 spiro atoms. The summed E-state index contributed by atoms with van der Waals surface area (Å²) in [6.07, 6.45) is -2.17. The number of nitrogens with one attached hydrogen (secondary N) is 1. The molecule has 0 aliphatic heterocycles. The van der Waals surface area contributed by atoms with Crippen LogP contribution >= 0.6 is 0 Å². The van der Waals surface area contributed by atoms with E-state index in [1.54, 1.807) is 18.2 Å². The first kappa shape index (κ1) is 30.4. The number of hydrogen-bond acceptors (Lipinski definition) is 7. The zero-order valence-corrected chi connectivity index (χ0v) is 22.5. The molecule has 0 heterocycles. The first-order valence-corrected chi connectivity index (χ1v) is 14.4. The lowest BCUT2D eigenvalue weighted by atomic mass is 10.0. The van der Waals surface area contributed by atoms with E-state index in [9.17, 15) is 27.1 Å². The van der Waals surface area contributed by atoms with Crippen LogP contribution in [0, 0.1) is 11.6 Å². The topological polar surface area (TPSA) is 119 Å². The summed E-state index contributed by atoms with van der Waals surface area (Å²) in [6, 6.07) is 17.8. The SMILES string of the molecule is CCc1cccc(CNCC(OC(=O)[C@@H](O)CCS(=O)(=O)c2ccccc2)C(N)Cc2cc(F)cc(F)c2)c1. The molecule has 7 nitrogen and oxygen atoms in total. The molecule has 10 heteroatoms. The third-order valence-electron chi connectivity index (χ3n) is 6.25. The largest absolute Gasteiger partial charge is 0.457 e. The van der Waals surface area contributed by atoms with E-state index < -0.39 is 51.4 Å². The van der Waals surface area contributed by atoms with Crippen LogP contribution in [0.3, 0.4) is 0 Å². The standard InChI is InChI=1S/C29H34F2N2O5S/c1-2-20-7-6-8-21(13-20)18-33-19-28(26(32)16-22-14-23(30)17-24(31)15-22)38-29(35)27(34)11-12-39(36,37)25-9-4-3-5-10-25/h3-10,13-15,17,26-28,33-34H,2,11-12,16,18-19,32H2,1H3/t26?,27-,28?/m0/s1. The number of carbonyl (C=O) groups is 1. The summed E-state index contributed by atoms with van der Waals surface area (Å²) in [5.74, 6) is -3.00. The minimum absolute atomic E-state index is 0.00188. The van der Waals surface area contributed by atoms with Crippen LogP contribution in [-0.4, -0.2) is 50.0 Å². The Hall–Kier alpha value is -3.18. The lowest BCUT2D eigenvalue weighted by Gasteiger charge is -2.26. The number of rotatable bonds is 14.